The van der Waals surface area contributed by atoms with Crippen LogP contribution in [0.15, 0.2) is 65.5 Å². The van der Waals surface area contributed by atoms with E-state index < -0.39 is 0 Å². The molecular formula is C17H11N3OS. The average Bonchev–Trinajstić information content (AvgIpc) is 3.11. The van der Waals surface area contributed by atoms with Gasteiger partial charge in [-0.3, -0.25) is 4.79 Å². The van der Waals surface area contributed by atoms with Crippen LogP contribution in [0.5, 0.6) is 0 Å². The summed E-state index contributed by atoms with van der Waals surface area (Å²) in [5.41, 5.74) is 1.81. The van der Waals surface area contributed by atoms with Gasteiger partial charge >= 0.3 is 0 Å². The lowest BCUT2D eigenvalue weighted by atomic mass is 10.2. The van der Waals surface area contributed by atoms with E-state index in [2.05, 4.69) is 10.2 Å². The molecule has 4 rings (SSSR count). The quantitative estimate of drug-likeness (QED) is 0.571. The van der Waals surface area contributed by atoms with E-state index in [1.165, 1.54) is 11.3 Å². The van der Waals surface area contributed by atoms with Gasteiger partial charge in [-0.1, -0.05) is 72.0 Å². The molecule has 0 saturated carbocycles. The minimum atomic E-state index is -0.0762. The first-order chi connectivity index (χ1) is 10.8. The Hall–Kier alpha value is -2.79. The van der Waals surface area contributed by atoms with Crippen molar-refractivity contribution in [2.45, 2.75) is 0 Å². The van der Waals surface area contributed by atoms with Gasteiger partial charge in [0.1, 0.15) is 0 Å². The van der Waals surface area contributed by atoms with Crippen molar-refractivity contribution in [2.75, 3.05) is 0 Å². The standard InChI is InChI=1S/C17H11N3OS/c21-16-14(11-12-7-3-1-4-8-12)22-17-19-18-15(20(16)17)13-9-5-2-6-10-13/h1-11H/b14-11+. The van der Waals surface area contributed by atoms with Crippen LogP contribution < -0.4 is 10.1 Å². The number of hydrogen-bond donors (Lipinski definition) is 0. The summed E-state index contributed by atoms with van der Waals surface area (Å²) in [6.07, 6.45) is 1.89. The van der Waals surface area contributed by atoms with Crippen LogP contribution in [0.3, 0.4) is 0 Å². The molecule has 0 unspecified atom stereocenters. The fourth-order valence-corrected chi connectivity index (χ4v) is 3.25. The zero-order valence-corrected chi connectivity index (χ0v) is 12.3. The highest BCUT2D eigenvalue weighted by Gasteiger charge is 2.13. The summed E-state index contributed by atoms with van der Waals surface area (Å²) in [5, 5.41) is 8.27. The van der Waals surface area contributed by atoms with Crippen LogP contribution in [0.2, 0.25) is 0 Å². The van der Waals surface area contributed by atoms with Crippen LogP contribution in [0.4, 0.5) is 0 Å². The smallest absolute Gasteiger partial charge is 0.267 e. The molecule has 0 fully saturated rings. The predicted octanol–water partition coefficient (Wildman–Crippen LogP) is 2.37. The van der Waals surface area contributed by atoms with Gasteiger partial charge in [-0.15, -0.1) is 10.2 Å². The lowest BCUT2D eigenvalue weighted by molar-refractivity contribution is 1.09. The van der Waals surface area contributed by atoms with Crippen molar-refractivity contribution in [2.24, 2.45) is 0 Å². The first-order valence-electron chi connectivity index (χ1n) is 6.83. The fourth-order valence-electron chi connectivity index (χ4n) is 2.34. The molecule has 0 radical (unpaired) electrons. The molecule has 4 nitrogen and oxygen atoms in total. The Morgan fingerprint density at radius 3 is 2.32 bits per heavy atom. The van der Waals surface area contributed by atoms with Gasteiger partial charge in [-0.25, -0.2) is 4.40 Å². The fraction of sp³-hybridized carbons (Fsp3) is 0. The molecule has 0 amide bonds. The van der Waals surface area contributed by atoms with Crippen molar-refractivity contribution < 1.29 is 0 Å². The van der Waals surface area contributed by atoms with Crippen molar-refractivity contribution in [1.82, 2.24) is 14.6 Å². The van der Waals surface area contributed by atoms with Gasteiger partial charge in [0, 0.05) is 5.56 Å². The van der Waals surface area contributed by atoms with Crippen LogP contribution in [-0.4, -0.2) is 14.6 Å². The van der Waals surface area contributed by atoms with Gasteiger partial charge in [0.25, 0.3) is 5.56 Å². The van der Waals surface area contributed by atoms with Gasteiger partial charge in [-0.2, -0.15) is 0 Å². The second-order valence-electron chi connectivity index (χ2n) is 4.83. The van der Waals surface area contributed by atoms with E-state index >= 15 is 0 Å². The molecule has 2 aromatic heterocycles. The van der Waals surface area contributed by atoms with Crippen molar-refractivity contribution in [3.63, 3.8) is 0 Å². The van der Waals surface area contributed by atoms with Crippen LogP contribution >= 0.6 is 11.3 Å². The average molecular weight is 305 g/mol. The summed E-state index contributed by atoms with van der Waals surface area (Å²) >= 11 is 1.36. The van der Waals surface area contributed by atoms with E-state index in [1.807, 2.05) is 66.7 Å². The van der Waals surface area contributed by atoms with Crippen LogP contribution in [0, 0.1) is 0 Å². The lowest BCUT2D eigenvalue weighted by Gasteiger charge is -1.94. The number of hydrogen-bond acceptors (Lipinski definition) is 4. The van der Waals surface area contributed by atoms with Crippen molar-refractivity contribution in [3.8, 4) is 11.4 Å². The number of thiazole rings is 1. The highest BCUT2D eigenvalue weighted by atomic mass is 32.1. The Labute approximate surface area is 130 Å². The Kier molecular flexibility index (Phi) is 3.05. The topological polar surface area (TPSA) is 47.3 Å². The van der Waals surface area contributed by atoms with E-state index in [-0.39, 0.29) is 5.56 Å². The molecule has 0 bridgehead atoms. The maximum Gasteiger partial charge on any atom is 0.276 e. The van der Waals surface area contributed by atoms with Crippen molar-refractivity contribution >= 4 is 22.4 Å². The van der Waals surface area contributed by atoms with E-state index in [1.54, 1.807) is 4.40 Å². The van der Waals surface area contributed by atoms with Crippen molar-refractivity contribution in [1.29, 1.82) is 0 Å². The molecule has 0 aliphatic carbocycles. The molecule has 0 aliphatic rings. The first kappa shape index (κ1) is 12.9. The molecule has 0 atom stereocenters. The predicted molar refractivity (Wildman–Crippen MR) is 87.8 cm³/mol. The van der Waals surface area contributed by atoms with Gasteiger partial charge in [0.15, 0.2) is 5.82 Å². The minimum Gasteiger partial charge on any atom is -0.267 e. The third kappa shape index (κ3) is 2.12. The van der Waals surface area contributed by atoms with Gasteiger partial charge in [0.2, 0.25) is 4.96 Å². The number of aromatic nitrogens is 3. The van der Waals surface area contributed by atoms with Crippen LogP contribution in [0.1, 0.15) is 5.56 Å². The molecule has 5 heteroatoms. The summed E-state index contributed by atoms with van der Waals surface area (Å²) in [5.74, 6) is 0.588. The number of rotatable bonds is 2. The van der Waals surface area contributed by atoms with Gasteiger partial charge < -0.3 is 0 Å². The molecule has 22 heavy (non-hydrogen) atoms. The Morgan fingerprint density at radius 2 is 1.59 bits per heavy atom. The molecule has 106 valence electrons. The molecule has 0 aliphatic heterocycles. The summed E-state index contributed by atoms with van der Waals surface area (Å²) in [6, 6.07) is 19.4. The number of fused-ring (bicyclic) bond motifs is 1. The molecule has 0 N–H and O–H groups in total. The van der Waals surface area contributed by atoms with Gasteiger partial charge in [0.05, 0.1) is 4.53 Å². The first-order valence-corrected chi connectivity index (χ1v) is 7.65. The van der Waals surface area contributed by atoms with Crippen molar-refractivity contribution in [3.05, 3.63) is 81.1 Å². The highest BCUT2D eigenvalue weighted by molar-refractivity contribution is 7.15. The lowest BCUT2D eigenvalue weighted by Crippen LogP contribution is -2.23. The highest BCUT2D eigenvalue weighted by Crippen LogP contribution is 2.17. The number of nitrogens with zero attached hydrogens (tertiary/aromatic N) is 3. The van der Waals surface area contributed by atoms with Gasteiger partial charge in [-0.05, 0) is 11.6 Å². The van der Waals surface area contributed by atoms with Crippen LogP contribution in [0.25, 0.3) is 22.4 Å². The van der Waals surface area contributed by atoms with E-state index in [9.17, 15) is 4.79 Å². The summed E-state index contributed by atoms with van der Waals surface area (Å²) in [6.45, 7) is 0. The molecule has 2 aromatic carbocycles. The number of benzene rings is 2. The SMILES string of the molecule is O=c1/c(=C\c2ccccc2)sc2nnc(-c3ccccc3)n12. The van der Waals surface area contributed by atoms with E-state index in [0.717, 1.165) is 11.1 Å². The Morgan fingerprint density at radius 1 is 0.909 bits per heavy atom. The maximum absolute atomic E-state index is 12.7. The normalized spacial score (nSPS) is 12.1. The third-order valence-electron chi connectivity index (χ3n) is 3.38. The van der Waals surface area contributed by atoms with E-state index in [0.29, 0.717) is 15.3 Å². The summed E-state index contributed by atoms with van der Waals surface area (Å²) < 4.78 is 2.24. The Balaban J connectivity index is 1.95. The van der Waals surface area contributed by atoms with E-state index in [4.69, 9.17) is 0 Å². The molecule has 4 aromatic rings. The molecule has 2 heterocycles. The molecule has 0 saturated heterocycles. The minimum absolute atomic E-state index is 0.0762. The molecular weight excluding hydrogens is 294 g/mol. The monoisotopic (exact) mass is 305 g/mol. The second kappa shape index (κ2) is 5.20. The molecule has 0 spiro atoms. The van der Waals surface area contributed by atoms with Crippen LogP contribution in [-0.2, 0) is 0 Å². The summed E-state index contributed by atoms with van der Waals surface area (Å²) in [7, 11) is 0. The Bertz CT molecular complexity index is 1040. The zero-order valence-electron chi connectivity index (χ0n) is 11.5. The summed E-state index contributed by atoms with van der Waals surface area (Å²) in [4.78, 5) is 13.3. The third-order valence-corrected chi connectivity index (χ3v) is 4.34. The zero-order chi connectivity index (χ0) is 14.9. The largest absolute Gasteiger partial charge is 0.276 e. The second-order valence-corrected chi connectivity index (χ2v) is 5.84. The maximum atomic E-state index is 12.7.